The number of likely N-dealkylation sites (tertiary alicyclic amines) is 1. The summed E-state index contributed by atoms with van der Waals surface area (Å²) in [5.74, 6) is 0.445. The molecular weight excluding hydrogens is 269 g/mol. The zero-order chi connectivity index (χ0) is 15.3. The Morgan fingerprint density at radius 3 is 2.45 bits per heavy atom. The van der Waals surface area contributed by atoms with Gasteiger partial charge in [0.05, 0.1) is 12.6 Å². The molecule has 0 saturated carbocycles. The van der Waals surface area contributed by atoms with Gasteiger partial charge in [0.1, 0.15) is 0 Å². The zero-order valence-corrected chi connectivity index (χ0v) is 12.6. The summed E-state index contributed by atoms with van der Waals surface area (Å²) in [6.07, 6.45) is -3.17. The SMILES string of the molecule is CCN1CC(CC(O)C(C)C)CC(NCC(F)(F)F)C1. The Kier molecular flexibility index (Phi) is 6.75. The van der Waals surface area contributed by atoms with Gasteiger partial charge in [0.15, 0.2) is 0 Å². The number of halogens is 3. The van der Waals surface area contributed by atoms with Crippen LogP contribution in [0.15, 0.2) is 0 Å². The molecule has 1 heterocycles. The van der Waals surface area contributed by atoms with E-state index in [1.807, 2.05) is 20.8 Å². The van der Waals surface area contributed by atoms with E-state index in [9.17, 15) is 18.3 Å². The quantitative estimate of drug-likeness (QED) is 0.789. The third-order valence-electron chi connectivity index (χ3n) is 4.00. The van der Waals surface area contributed by atoms with Crippen LogP contribution >= 0.6 is 0 Å². The molecule has 0 aromatic rings. The first-order valence-electron chi connectivity index (χ1n) is 7.41. The molecule has 0 radical (unpaired) electrons. The Bertz CT molecular complexity index is 284. The molecule has 120 valence electrons. The molecule has 0 aromatic heterocycles. The second kappa shape index (κ2) is 7.61. The molecule has 1 aliphatic heterocycles. The van der Waals surface area contributed by atoms with Gasteiger partial charge < -0.3 is 15.3 Å². The summed E-state index contributed by atoms with van der Waals surface area (Å²) >= 11 is 0. The van der Waals surface area contributed by atoms with E-state index in [4.69, 9.17) is 0 Å². The van der Waals surface area contributed by atoms with E-state index < -0.39 is 12.7 Å². The van der Waals surface area contributed by atoms with E-state index in [1.54, 1.807) is 0 Å². The van der Waals surface area contributed by atoms with Gasteiger partial charge in [-0.05, 0) is 31.2 Å². The number of aliphatic hydroxyl groups is 1. The summed E-state index contributed by atoms with van der Waals surface area (Å²) in [6.45, 7) is 7.36. The molecule has 1 fully saturated rings. The average molecular weight is 296 g/mol. The van der Waals surface area contributed by atoms with E-state index in [0.717, 1.165) is 13.1 Å². The van der Waals surface area contributed by atoms with Crippen molar-refractivity contribution in [3.63, 3.8) is 0 Å². The van der Waals surface area contributed by atoms with Gasteiger partial charge >= 0.3 is 6.18 Å². The molecule has 2 N–H and O–H groups in total. The molecule has 0 aromatic carbocycles. The minimum atomic E-state index is -4.17. The summed E-state index contributed by atoms with van der Waals surface area (Å²) in [5, 5.41) is 12.6. The first-order valence-corrected chi connectivity index (χ1v) is 7.41. The lowest BCUT2D eigenvalue weighted by molar-refractivity contribution is -0.127. The van der Waals surface area contributed by atoms with Crippen molar-refractivity contribution in [2.24, 2.45) is 11.8 Å². The molecule has 1 rings (SSSR count). The molecule has 0 bridgehead atoms. The molecule has 0 aliphatic carbocycles. The van der Waals surface area contributed by atoms with Crippen LogP contribution in [0.5, 0.6) is 0 Å². The van der Waals surface area contributed by atoms with E-state index in [0.29, 0.717) is 19.4 Å². The average Bonchev–Trinajstić information content (AvgIpc) is 2.35. The fraction of sp³-hybridized carbons (Fsp3) is 1.00. The van der Waals surface area contributed by atoms with E-state index in [-0.39, 0.29) is 24.0 Å². The first-order chi connectivity index (χ1) is 9.21. The normalized spacial score (nSPS) is 27.0. The van der Waals surface area contributed by atoms with Crippen LogP contribution in [0.3, 0.4) is 0 Å². The van der Waals surface area contributed by atoms with Crippen molar-refractivity contribution >= 4 is 0 Å². The van der Waals surface area contributed by atoms with E-state index in [1.165, 1.54) is 0 Å². The first kappa shape index (κ1) is 17.7. The fourth-order valence-electron chi connectivity index (χ4n) is 2.75. The number of alkyl halides is 3. The number of nitrogens with one attached hydrogen (secondary N) is 1. The Morgan fingerprint density at radius 1 is 1.30 bits per heavy atom. The maximum atomic E-state index is 12.3. The largest absolute Gasteiger partial charge is 0.401 e. The minimum Gasteiger partial charge on any atom is -0.393 e. The van der Waals surface area contributed by atoms with Gasteiger partial charge in [0.25, 0.3) is 0 Å². The topological polar surface area (TPSA) is 35.5 Å². The molecule has 3 atom stereocenters. The lowest BCUT2D eigenvalue weighted by atomic mass is 9.87. The van der Waals surface area contributed by atoms with Gasteiger partial charge in [-0.3, -0.25) is 0 Å². The van der Waals surface area contributed by atoms with Crippen molar-refractivity contribution in [2.75, 3.05) is 26.2 Å². The van der Waals surface area contributed by atoms with Gasteiger partial charge in [-0.25, -0.2) is 0 Å². The molecule has 0 spiro atoms. The van der Waals surface area contributed by atoms with Gasteiger partial charge in [0.2, 0.25) is 0 Å². The van der Waals surface area contributed by atoms with E-state index in [2.05, 4.69) is 10.2 Å². The van der Waals surface area contributed by atoms with Crippen molar-refractivity contribution in [3.8, 4) is 0 Å². The van der Waals surface area contributed by atoms with Gasteiger partial charge in [-0.2, -0.15) is 13.2 Å². The maximum Gasteiger partial charge on any atom is 0.401 e. The molecule has 0 amide bonds. The Hall–Kier alpha value is -0.330. The van der Waals surface area contributed by atoms with Crippen molar-refractivity contribution in [2.45, 2.75) is 51.9 Å². The third kappa shape index (κ3) is 6.41. The van der Waals surface area contributed by atoms with Crippen LogP contribution in [0.1, 0.15) is 33.6 Å². The Labute approximate surface area is 119 Å². The molecule has 3 nitrogen and oxygen atoms in total. The number of piperidine rings is 1. The molecule has 1 aliphatic rings. The number of rotatable bonds is 6. The lowest BCUT2D eigenvalue weighted by Crippen LogP contribution is -2.51. The van der Waals surface area contributed by atoms with Crippen LogP contribution in [0.25, 0.3) is 0 Å². The molecule has 6 heteroatoms. The van der Waals surface area contributed by atoms with Crippen LogP contribution in [0.4, 0.5) is 13.2 Å². The predicted molar refractivity (Wildman–Crippen MR) is 73.5 cm³/mol. The Balaban J connectivity index is 2.51. The smallest absolute Gasteiger partial charge is 0.393 e. The summed E-state index contributed by atoms with van der Waals surface area (Å²) < 4.78 is 36.9. The summed E-state index contributed by atoms with van der Waals surface area (Å²) in [4.78, 5) is 2.16. The number of aliphatic hydroxyl groups excluding tert-OH is 1. The van der Waals surface area contributed by atoms with Crippen LogP contribution in [-0.4, -0.2) is 54.5 Å². The molecule has 1 saturated heterocycles. The lowest BCUT2D eigenvalue weighted by Gasteiger charge is -2.39. The van der Waals surface area contributed by atoms with Crippen molar-refractivity contribution in [3.05, 3.63) is 0 Å². The Morgan fingerprint density at radius 2 is 1.95 bits per heavy atom. The van der Waals surface area contributed by atoms with E-state index >= 15 is 0 Å². The number of hydrogen-bond donors (Lipinski definition) is 2. The minimum absolute atomic E-state index is 0.144. The number of nitrogens with zero attached hydrogens (tertiary/aromatic N) is 1. The summed E-state index contributed by atoms with van der Waals surface area (Å²) in [7, 11) is 0. The maximum absolute atomic E-state index is 12.3. The standard InChI is InChI=1S/C14H27F3N2O/c1-4-19-7-11(6-13(20)10(2)3)5-12(8-19)18-9-14(15,16)17/h10-13,18,20H,4-9H2,1-3H3. The van der Waals surface area contributed by atoms with Crippen LogP contribution in [0, 0.1) is 11.8 Å². The second-order valence-corrected chi connectivity index (χ2v) is 6.19. The highest BCUT2D eigenvalue weighted by Gasteiger charge is 2.32. The molecule has 20 heavy (non-hydrogen) atoms. The van der Waals surface area contributed by atoms with Gasteiger partial charge in [-0.1, -0.05) is 20.8 Å². The number of likely N-dealkylation sites (N-methyl/N-ethyl adjacent to an activating group) is 1. The molecule has 3 unspecified atom stereocenters. The highest BCUT2D eigenvalue weighted by atomic mass is 19.4. The fourth-order valence-corrected chi connectivity index (χ4v) is 2.75. The second-order valence-electron chi connectivity index (χ2n) is 6.19. The van der Waals surface area contributed by atoms with Gasteiger partial charge in [0, 0.05) is 19.1 Å². The highest BCUT2D eigenvalue weighted by molar-refractivity contribution is 4.85. The van der Waals surface area contributed by atoms with Gasteiger partial charge in [-0.15, -0.1) is 0 Å². The monoisotopic (exact) mass is 296 g/mol. The highest BCUT2D eigenvalue weighted by Crippen LogP contribution is 2.24. The van der Waals surface area contributed by atoms with Crippen LogP contribution < -0.4 is 5.32 Å². The van der Waals surface area contributed by atoms with Crippen molar-refractivity contribution in [1.82, 2.24) is 10.2 Å². The molecular formula is C14H27F3N2O. The van der Waals surface area contributed by atoms with Crippen LogP contribution in [0.2, 0.25) is 0 Å². The predicted octanol–water partition coefficient (Wildman–Crippen LogP) is 2.26. The van der Waals surface area contributed by atoms with Crippen molar-refractivity contribution in [1.29, 1.82) is 0 Å². The van der Waals surface area contributed by atoms with Crippen LogP contribution in [-0.2, 0) is 0 Å². The summed E-state index contributed by atoms with van der Waals surface area (Å²) in [5.41, 5.74) is 0. The van der Waals surface area contributed by atoms with Crippen molar-refractivity contribution < 1.29 is 18.3 Å². The summed E-state index contributed by atoms with van der Waals surface area (Å²) in [6, 6.07) is -0.144. The third-order valence-corrected chi connectivity index (χ3v) is 4.00. The number of hydrogen-bond acceptors (Lipinski definition) is 3. The zero-order valence-electron chi connectivity index (χ0n) is 12.6.